The van der Waals surface area contributed by atoms with Gasteiger partial charge in [-0.3, -0.25) is 14.2 Å². The summed E-state index contributed by atoms with van der Waals surface area (Å²) in [5.74, 6) is 1.36. The van der Waals surface area contributed by atoms with Crippen LogP contribution in [-0.2, 0) is 25.0 Å². The van der Waals surface area contributed by atoms with Crippen molar-refractivity contribution in [2.75, 3.05) is 0 Å². The third-order valence-electron chi connectivity index (χ3n) is 4.76. The molecule has 0 unspecified atom stereocenters. The van der Waals surface area contributed by atoms with Gasteiger partial charge in [0.25, 0.3) is 5.56 Å². The summed E-state index contributed by atoms with van der Waals surface area (Å²) < 4.78 is 3.69. The predicted octanol–water partition coefficient (Wildman–Crippen LogP) is 0.141. The summed E-state index contributed by atoms with van der Waals surface area (Å²) in [6, 6.07) is 1.84. The molecule has 3 heterocycles. The zero-order valence-corrected chi connectivity index (χ0v) is 14.9. The summed E-state index contributed by atoms with van der Waals surface area (Å²) in [6.07, 6.45) is 2.94. The Morgan fingerprint density at radius 3 is 2.96 bits per heavy atom. The minimum absolute atomic E-state index is 0.0422. The molecule has 3 aromatic heterocycles. The van der Waals surface area contributed by atoms with Gasteiger partial charge in [-0.1, -0.05) is 0 Å². The van der Waals surface area contributed by atoms with E-state index in [1.54, 1.807) is 10.6 Å². The van der Waals surface area contributed by atoms with Gasteiger partial charge in [-0.25, -0.2) is 4.98 Å². The number of thiophene rings is 1. The number of nitrogens with zero attached hydrogens (tertiary/aromatic N) is 5. The summed E-state index contributed by atoms with van der Waals surface area (Å²) in [7, 11) is 1.83. The topological polar surface area (TPSA) is 115 Å². The number of aliphatic hydroxyl groups excluding tert-OH is 1. The fourth-order valence-corrected chi connectivity index (χ4v) is 4.03. The molecule has 1 amide bonds. The lowest BCUT2D eigenvalue weighted by molar-refractivity contribution is -0.123. The van der Waals surface area contributed by atoms with Gasteiger partial charge in [0.15, 0.2) is 5.82 Å². The third-order valence-corrected chi connectivity index (χ3v) is 5.65. The summed E-state index contributed by atoms with van der Waals surface area (Å²) in [5.41, 5.74) is 0.465. The summed E-state index contributed by atoms with van der Waals surface area (Å²) >= 11 is 1.33. The molecule has 0 aromatic carbocycles. The Morgan fingerprint density at radius 1 is 1.42 bits per heavy atom. The van der Waals surface area contributed by atoms with Crippen molar-refractivity contribution in [2.45, 2.75) is 38.0 Å². The van der Waals surface area contributed by atoms with E-state index in [2.05, 4.69) is 20.5 Å². The number of hydrogen-bond acceptors (Lipinski definition) is 7. The van der Waals surface area contributed by atoms with Crippen molar-refractivity contribution in [3.63, 3.8) is 0 Å². The van der Waals surface area contributed by atoms with E-state index in [0.29, 0.717) is 16.0 Å². The molecule has 136 valence electrons. The molecule has 10 heteroatoms. The highest BCUT2D eigenvalue weighted by Gasteiger charge is 2.34. The molecule has 1 saturated carbocycles. The van der Waals surface area contributed by atoms with Crippen molar-refractivity contribution < 1.29 is 9.90 Å². The van der Waals surface area contributed by atoms with Gasteiger partial charge in [0.05, 0.1) is 11.8 Å². The SMILES string of the molecule is Cn1c(CO)nnc1C1CC(NC(=O)Cn2cnc3ccsc3c2=O)C1. The van der Waals surface area contributed by atoms with Crippen molar-refractivity contribution in [2.24, 2.45) is 7.05 Å². The van der Waals surface area contributed by atoms with Crippen LogP contribution < -0.4 is 10.9 Å². The Morgan fingerprint density at radius 2 is 2.23 bits per heavy atom. The van der Waals surface area contributed by atoms with Crippen molar-refractivity contribution in [1.82, 2.24) is 29.6 Å². The Labute approximate surface area is 152 Å². The van der Waals surface area contributed by atoms with Gasteiger partial charge in [0.1, 0.15) is 23.7 Å². The quantitative estimate of drug-likeness (QED) is 0.657. The maximum Gasteiger partial charge on any atom is 0.271 e. The van der Waals surface area contributed by atoms with Gasteiger partial charge in [-0.05, 0) is 24.3 Å². The maximum absolute atomic E-state index is 12.3. The first-order valence-corrected chi connectivity index (χ1v) is 9.15. The van der Waals surface area contributed by atoms with E-state index in [0.717, 1.165) is 18.7 Å². The molecule has 4 rings (SSSR count). The molecule has 9 nitrogen and oxygen atoms in total. The van der Waals surface area contributed by atoms with Crippen molar-refractivity contribution >= 4 is 27.5 Å². The molecule has 0 atom stereocenters. The van der Waals surface area contributed by atoms with Crippen LogP contribution >= 0.6 is 11.3 Å². The van der Waals surface area contributed by atoms with E-state index in [1.807, 2.05) is 12.4 Å². The number of aliphatic hydroxyl groups is 1. The molecule has 0 radical (unpaired) electrons. The van der Waals surface area contributed by atoms with Gasteiger partial charge in [-0.15, -0.1) is 21.5 Å². The van der Waals surface area contributed by atoms with Gasteiger partial charge < -0.3 is 15.0 Å². The van der Waals surface area contributed by atoms with Crippen molar-refractivity contribution in [3.8, 4) is 0 Å². The fraction of sp³-hybridized carbons (Fsp3) is 0.438. The Bertz CT molecular complexity index is 1020. The van der Waals surface area contributed by atoms with Crippen molar-refractivity contribution in [3.05, 3.63) is 39.8 Å². The first-order chi connectivity index (χ1) is 12.6. The first-order valence-electron chi connectivity index (χ1n) is 8.28. The minimum Gasteiger partial charge on any atom is -0.388 e. The Balaban J connectivity index is 1.35. The van der Waals surface area contributed by atoms with Crippen molar-refractivity contribution in [1.29, 1.82) is 0 Å². The number of hydrogen-bond donors (Lipinski definition) is 2. The molecule has 0 aliphatic heterocycles. The molecule has 1 aliphatic rings. The number of fused-ring (bicyclic) bond motifs is 1. The second-order valence-electron chi connectivity index (χ2n) is 6.44. The second-order valence-corrected chi connectivity index (χ2v) is 7.35. The molecular formula is C16H18N6O3S. The van der Waals surface area contributed by atoms with Crippen LogP contribution in [-0.4, -0.2) is 41.4 Å². The zero-order valence-electron chi connectivity index (χ0n) is 14.1. The maximum atomic E-state index is 12.3. The average Bonchev–Trinajstić information content (AvgIpc) is 3.20. The molecule has 26 heavy (non-hydrogen) atoms. The van der Waals surface area contributed by atoms with Crippen LogP contribution in [0.25, 0.3) is 10.2 Å². The smallest absolute Gasteiger partial charge is 0.271 e. The Hall–Kier alpha value is -2.59. The molecule has 0 bridgehead atoms. The first kappa shape index (κ1) is 16.9. The van der Waals surface area contributed by atoms with Gasteiger partial charge in [0, 0.05) is 19.0 Å². The van der Waals surface area contributed by atoms with E-state index >= 15 is 0 Å². The number of carbonyl (C=O) groups excluding carboxylic acids is 1. The van der Waals surface area contributed by atoms with Crippen LogP contribution in [0.3, 0.4) is 0 Å². The Kier molecular flexibility index (Phi) is 4.29. The summed E-state index contributed by atoms with van der Waals surface area (Å²) in [5, 5.41) is 22.0. The van der Waals surface area contributed by atoms with Crippen LogP contribution in [0.15, 0.2) is 22.6 Å². The lowest BCUT2D eigenvalue weighted by Gasteiger charge is -2.35. The van der Waals surface area contributed by atoms with E-state index < -0.39 is 0 Å². The molecule has 2 N–H and O–H groups in total. The highest BCUT2D eigenvalue weighted by molar-refractivity contribution is 7.17. The number of carbonyl (C=O) groups is 1. The fourth-order valence-electron chi connectivity index (χ4n) is 3.23. The van der Waals surface area contributed by atoms with Crippen LogP contribution in [0.4, 0.5) is 0 Å². The van der Waals surface area contributed by atoms with Gasteiger partial charge >= 0.3 is 0 Å². The highest BCUT2D eigenvalue weighted by Crippen LogP contribution is 2.35. The number of amides is 1. The lowest BCUT2D eigenvalue weighted by atomic mass is 9.79. The number of aromatic nitrogens is 5. The molecule has 1 fully saturated rings. The van der Waals surface area contributed by atoms with E-state index in [1.165, 1.54) is 22.2 Å². The molecule has 1 aliphatic carbocycles. The van der Waals surface area contributed by atoms with E-state index in [9.17, 15) is 14.7 Å². The van der Waals surface area contributed by atoms with Crippen LogP contribution in [0.1, 0.15) is 30.4 Å². The summed E-state index contributed by atoms with van der Waals surface area (Å²) in [6.45, 7) is -0.187. The summed E-state index contributed by atoms with van der Waals surface area (Å²) in [4.78, 5) is 28.8. The predicted molar refractivity (Wildman–Crippen MR) is 94.7 cm³/mol. The highest BCUT2D eigenvalue weighted by atomic mass is 32.1. The zero-order chi connectivity index (χ0) is 18.3. The molecular weight excluding hydrogens is 356 g/mol. The van der Waals surface area contributed by atoms with Gasteiger partial charge in [0.2, 0.25) is 5.91 Å². The normalized spacial score (nSPS) is 19.5. The van der Waals surface area contributed by atoms with E-state index in [4.69, 9.17) is 0 Å². The van der Waals surface area contributed by atoms with E-state index in [-0.39, 0.29) is 36.6 Å². The van der Waals surface area contributed by atoms with Crippen LogP contribution in [0.2, 0.25) is 0 Å². The lowest BCUT2D eigenvalue weighted by Crippen LogP contribution is -2.45. The molecule has 0 spiro atoms. The minimum atomic E-state index is -0.206. The van der Waals surface area contributed by atoms with Crippen LogP contribution in [0, 0.1) is 0 Å². The standard InChI is InChI=1S/C16H18N6O3S/c1-21-12(7-23)19-20-15(21)9-4-10(5-9)18-13(24)6-22-8-17-11-2-3-26-14(11)16(22)25/h2-3,8-10,23H,4-7H2,1H3,(H,18,24). The van der Waals surface area contributed by atoms with Gasteiger partial charge in [-0.2, -0.15) is 0 Å². The second kappa shape index (κ2) is 6.61. The number of rotatable bonds is 5. The largest absolute Gasteiger partial charge is 0.388 e. The average molecular weight is 374 g/mol. The third kappa shape index (κ3) is 2.90. The monoisotopic (exact) mass is 374 g/mol. The molecule has 0 saturated heterocycles. The van der Waals surface area contributed by atoms with Crippen LogP contribution in [0.5, 0.6) is 0 Å². The molecule has 3 aromatic rings. The number of nitrogens with one attached hydrogen (secondary N) is 1.